The van der Waals surface area contributed by atoms with Crippen molar-refractivity contribution >= 4 is 57.0 Å². The van der Waals surface area contributed by atoms with Crippen LogP contribution < -0.4 is 0 Å². The van der Waals surface area contributed by atoms with Crippen LogP contribution in [0, 0.1) is 0 Å². The van der Waals surface area contributed by atoms with Crippen molar-refractivity contribution in [1.29, 1.82) is 0 Å². The fraction of sp³-hybridized carbons (Fsp3) is 0.478. The van der Waals surface area contributed by atoms with E-state index in [1.165, 1.54) is 47.0 Å². The zero-order valence-corrected chi connectivity index (χ0v) is 21.8. The number of thioether (sulfide) groups is 1. The van der Waals surface area contributed by atoms with Crippen molar-refractivity contribution in [3.63, 3.8) is 0 Å². The van der Waals surface area contributed by atoms with Crippen LogP contribution in [0.2, 0.25) is 0 Å². The molecule has 0 aromatic carbocycles. The van der Waals surface area contributed by atoms with Crippen molar-refractivity contribution in [2.45, 2.75) is 62.5 Å². The molecule has 184 valence electrons. The van der Waals surface area contributed by atoms with Crippen molar-refractivity contribution in [2.24, 2.45) is 0 Å². The maximum atomic E-state index is 13.9. The summed E-state index contributed by atoms with van der Waals surface area (Å²) in [6, 6.07) is -0.631. The molecular weight excluding hydrogens is 496 g/mol. The lowest BCUT2D eigenvalue weighted by molar-refractivity contribution is -0.132. The van der Waals surface area contributed by atoms with E-state index >= 15 is 0 Å². The molecule has 0 saturated carbocycles. The molecule has 2 aliphatic heterocycles. The average Bonchev–Trinajstić information content (AvgIpc) is 3.36. The molecule has 1 aromatic rings. The van der Waals surface area contributed by atoms with Crippen LogP contribution in [0.25, 0.3) is 6.08 Å². The van der Waals surface area contributed by atoms with Crippen LogP contribution in [0.4, 0.5) is 0 Å². The van der Waals surface area contributed by atoms with Crippen LogP contribution >= 0.6 is 23.1 Å². The molecule has 1 unspecified atom stereocenters. The van der Waals surface area contributed by atoms with Gasteiger partial charge in [-0.15, -0.1) is 11.3 Å². The Hall–Kier alpha value is -1.92. The highest BCUT2D eigenvalue weighted by molar-refractivity contribution is 8.13. The number of fused-ring (bicyclic) bond motifs is 4. The Balaban J connectivity index is 2.13. The van der Waals surface area contributed by atoms with Crippen molar-refractivity contribution in [3.8, 4) is 0 Å². The molecule has 4 bridgehead atoms. The lowest BCUT2D eigenvalue weighted by Crippen LogP contribution is -2.58. The largest absolute Gasteiger partial charge is 0.381 e. The topological polar surface area (TPSA) is 125 Å². The summed E-state index contributed by atoms with van der Waals surface area (Å²) in [6.45, 7) is 4.73. The van der Waals surface area contributed by atoms with Gasteiger partial charge in [0.2, 0.25) is 11.0 Å². The van der Waals surface area contributed by atoms with Gasteiger partial charge in [0.05, 0.1) is 18.2 Å². The molecule has 5 atom stereocenters. The van der Waals surface area contributed by atoms with Gasteiger partial charge in [-0.2, -0.15) is 0 Å². The number of ketones is 1. The standard InChI is InChI=1S/C23H28N2O6S3/c1-14-9-10-23(22(3,30)21(29)32-4)12-19(28)25(34(23)31)15(2)20-24-16(13-33-20)7-5-6-8-17(26)18(27)11-14/h5-8,11,13,15,18,27,30H,9-10,12H2,1-4H3/b7-5-,8-6-,14-11-/t15-,18-,22+,23-,34?/m1/s1. The number of aliphatic hydroxyl groups is 2. The second kappa shape index (κ2) is 10.4. The number of amides is 1. The summed E-state index contributed by atoms with van der Waals surface area (Å²) in [4.78, 5) is 42.7. The first-order valence-corrected chi connectivity index (χ1v) is 13.9. The Morgan fingerprint density at radius 3 is 2.71 bits per heavy atom. The summed E-state index contributed by atoms with van der Waals surface area (Å²) in [6.07, 6.45) is 7.60. The Morgan fingerprint density at radius 2 is 2.03 bits per heavy atom. The van der Waals surface area contributed by atoms with Gasteiger partial charge in [-0.3, -0.25) is 18.7 Å². The number of aromatic nitrogens is 1. The first kappa shape index (κ1) is 26.7. The summed E-state index contributed by atoms with van der Waals surface area (Å²) in [5.41, 5.74) is -0.850. The molecule has 0 spiro atoms. The molecule has 1 saturated heterocycles. The first-order valence-electron chi connectivity index (χ1n) is 10.7. The first-order chi connectivity index (χ1) is 15.9. The summed E-state index contributed by atoms with van der Waals surface area (Å²) >= 11 is 2.11. The molecule has 8 nitrogen and oxygen atoms in total. The lowest BCUT2D eigenvalue weighted by atomic mass is 9.81. The predicted octanol–water partition coefficient (Wildman–Crippen LogP) is 2.72. The number of hydrogen-bond acceptors (Lipinski definition) is 9. The van der Waals surface area contributed by atoms with E-state index in [4.69, 9.17) is 0 Å². The van der Waals surface area contributed by atoms with Gasteiger partial charge in [-0.25, -0.2) is 9.19 Å². The number of rotatable bonds is 2. The van der Waals surface area contributed by atoms with Gasteiger partial charge in [-0.05, 0) is 58.1 Å². The van der Waals surface area contributed by atoms with E-state index in [-0.39, 0.29) is 19.3 Å². The third-order valence-corrected chi connectivity index (χ3v) is 10.3. The number of hydrogen-bond donors (Lipinski definition) is 2. The van der Waals surface area contributed by atoms with Crippen molar-refractivity contribution < 1.29 is 28.8 Å². The Bertz CT molecular complexity index is 1110. The molecule has 1 aromatic heterocycles. The molecular formula is C23H28N2O6S3. The van der Waals surface area contributed by atoms with E-state index in [9.17, 15) is 28.8 Å². The van der Waals surface area contributed by atoms with Gasteiger partial charge in [0, 0.05) is 5.38 Å². The second-order valence-electron chi connectivity index (χ2n) is 8.57. The molecule has 34 heavy (non-hydrogen) atoms. The summed E-state index contributed by atoms with van der Waals surface area (Å²) in [5.74, 6) is -0.945. The van der Waals surface area contributed by atoms with Crippen LogP contribution in [0.1, 0.15) is 56.8 Å². The minimum atomic E-state index is -2.06. The Morgan fingerprint density at radius 1 is 1.35 bits per heavy atom. The zero-order valence-electron chi connectivity index (χ0n) is 19.4. The SMILES string of the molecule is CSC(=O)[C@](C)(O)[C@@]12CC/C(C)=C\[C@@H](O)C(=O)/C=C\C=C/c3csc(n3)[C@@H](C)N(C(=O)C1)S2=O. The molecule has 0 radical (unpaired) electrons. The number of allylic oxidation sites excluding steroid dienone is 3. The van der Waals surface area contributed by atoms with Gasteiger partial charge < -0.3 is 10.2 Å². The third kappa shape index (κ3) is 4.90. The maximum absolute atomic E-state index is 13.9. The van der Waals surface area contributed by atoms with Crippen molar-refractivity contribution in [1.82, 2.24) is 9.29 Å². The highest BCUT2D eigenvalue weighted by Gasteiger charge is 2.63. The molecule has 1 fully saturated rings. The Labute approximate surface area is 209 Å². The third-order valence-electron chi connectivity index (χ3n) is 6.21. The van der Waals surface area contributed by atoms with Gasteiger partial charge in [0.1, 0.15) is 32.4 Å². The smallest absolute Gasteiger partial charge is 0.236 e. The summed E-state index contributed by atoms with van der Waals surface area (Å²) in [7, 11) is -2.05. The van der Waals surface area contributed by atoms with E-state index in [1.807, 2.05) is 0 Å². The second-order valence-corrected chi connectivity index (χ2v) is 11.9. The van der Waals surface area contributed by atoms with E-state index in [1.54, 1.807) is 31.4 Å². The van der Waals surface area contributed by atoms with Crippen molar-refractivity contribution in [3.05, 3.63) is 46.0 Å². The lowest BCUT2D eigenvalue weighted by Gasteiger charge is -2.39. The van der Waals surface area contributed by atoms with E-state index in [0.29, 0.717) is 16.3 Å². The van der Waals surface area contributed by atoms with E-state index < -0.39 is 50.3 Å². The van der Waals surface area contributed by atoms with Crippen LogP contribution in [0.3, 0.4) is 0 Å². The van der Waals surface area contributed by atoms with Crippen LogP contribution in [-0.2, 0) is 25.4 Å². The predicted molar refractivity (Wildman–Crippen MR) is 134 cm³/mol. The van der Waals surface area contributed by atoms with E-state index in [0.717, 1.165) is 11.8 Å². The fourth-order valence-corrected chi connectivity index (χ4v) is 7.60. The number of nitrogens with zero attached hydrogens (tertiary/aromatic N) is 2. The molecule has 3 heterocycles. The zero-order chi connectivity index (χ0) is 25.3. The van der Waals surface area contributed by atoms with Gasteiger partial charge in [0.25, 0.3) is 0 Å². The van der Waals surface area contributed by atoms with Crippen molar-refractivity contribution in [2.75, 3.05) is 6.26 Å². The summed E-state index contributed by atoms with van der Waals surface area (Å²) in [5, 5.41) is 23.4. The molecule has 1 amide bonds. The molecule has 2 aliphatic rings. The minimum Gasteiger partial charge on any atom is -0.381 e. The molecule has 11 heteroatoms. The molecule has 0 aliphatic carbocycles. The van der Waals surface area contributed by atoms with Crippen LogP contribution in [-0.4, -0.2) is 63.2 Å². The number of thiazole rings is 1. The number of aliphatic hydroxyl groups excluding tert-OH is 1. The summed E-state index contributed by atoms with van der Waals surface area (Å²) < 4.78 is 13.6. The molecule has 2 N–H and O–H groups in total. The minimum absolute atomic E-state index is 0.0393. The average molecular weight is 525 g/mol. The number of carbonyl (C=O) groups excluding carboxylic acids is 3. The highest BCUT2D eigenvalue weighted by Crippen LogP contribution is 2.48. The maximum Gasteiger partial charge on any atom is 0.236 e. The van der Waals surface area contributed by atoms with Gasteiger partial charge in [-0.1, -0.05) is 29.5 Å². The fourth-order valence-electron chi connectivity index (χ4n) is 4.08. The number of carbonyl (C=O) groups is 3. The van der Waals surface area contributed by atoms with Crippen LogP contribution in [0.5, 0.6) is 0 Å². The van der Waals surface area contributed by atoms with Gasteiger partial charge in [0.15, 0.2) is 5.78 Å². The monoisotopic (exact) mass is 524 g/mol. The van der Waals surface area contributed by atoms with E-state index in [2.05, 4.69) is 4.98 Å². The normalized spacial score (nSPS) is 33.5. The Kier molecular flexibility index (Phi) is 8.14. The molecule has 3 rings (SSSR count). The van der Waals surface area contributed by atoms with Crippen LogP contribution in [0.15, 0.2) is 35.3 Å². The quantitative estimate of drug-likeness (QED) is 0.566. The highest BCUT2D eigenvalue weighted by atomic mass is 32.2. The van der Waals surface area contributed by atoms with Gasteiger partial charge >= 0.3 is 0 Å².